The van der Waals surface area contributed by atoms with Gasteiger partial charge in [0.05, 0.1) is 20.0 Å². The molecular formula is C23H20I2N2O3. The van der Waals surface area contributed by atoms with E-state index in [9.17, 15) is 9.90 Å². The summed E-state index contributed by atoms with van der Waals surface area (Å²) in [6.07, 6.45) is 1.55. The summed E-state index contributed by atoms with van der Waals surface area (Å²) in [6, 6.07) is 21.5. The summed E-state index contributed by atoms with van der Waals surface area (Å²) in [6.45, 7) is 2.53. The van der Waals surface area contributed by atoms with E-state index in [-0.39, 0.29) is 0 Å². The number of rotatable bonds is 7. The lowest BCUT2D eigenvalue weighted by Crippen LogP contribution is -2.43. The third kappa shape index (κ3) is 5.01. The van der Waals surface area contributed by atoms with Crippen molar-refractivity contribution in [1.29, 1.82) is 0 Å². The second kappa shape index (κ2) is 10.4. The minimum atomic E-state index is -1.86. The molecule has 30 heavy (non-hydrogen) atoms. The van der Waals surface area contributed by atoms with Gasteiger partial charge in [0.2, 0.25) is 0 Å². The molecule has 0 saturated heterocycles. The number of carbonyl (C=O) groups excluding carboxylic acids is 1. The van der Waals surface area contributed by atoms with Crippen LogP contribution in [0.2, 0.25) is 0 Å². The van der Waals surface area contributed by atoms with Crippen LogP contribution in [0.1, 0.15) is 23.6 Å². The van der Waals surface area contributed by atoms with Crippen LogP contribution in [0.5, 0.6) is 5.75 Å². The summed E-state index contributed by atoms with van der Waals surface area (Å²) < 4.78 is 7.56. The molecule has 154 valence electrons. The molecule has 0 aromatic heterocycles. The van der Waals surface area contributed by atoms with Gasteiger partial charge in [0.1, 0.15) is 5.75 Å². The van der Waals surface area contributed by atoms with Crippen LogP contribution in [-0.4, -0.2) is 23.8 Å². The van der Waals surface area contributed by atoms with E-state index in [0.29, 0.717) is 17.7 Å². The summed E-state index contributed by atoms with van der Waals surface area (Å²) in [5, 5.41) is 15.5. The van der Waals surface area contributed by atoms with E-state index in [0.717, 1.165) is 18.5 Å². The van der Waals surface area contributed by atoms with Gasteiger partial charge >= 0.3 is 0 Å². The van der Waals surface area contributed by atoms with Crippen molar-refractivity contribution in [1.82, 2.24) is 5.43 Å². The zero-order valence-electron chi connectivity index (χ0n) is 16.2. The molecule has 0 aliphatic carbocycles. The van der Waals surface area contributed by atoms with Crippen LogP contribution in [-0.2, 0) is 10.4 Å². The Morgan fingerprint density at radius 3 is 2.00 bits per heavy atom. The number of amides is 1. The van der Waals surface area contributed by atoms with E-state index in [1.54, 1.807) is 54.7 Å². The normalized spacial score (nSPS) is 11.5. The van der Waals surface area contributed by atoms with Crippen LogP contribution in [0.4, 0.5) is 0 Å². The van der Waals surface area contributed by atoms with Gasteiger partial charge in [-0.05, 0) is 80.9 Å². The van der Waals surface area contributed by atoms with Crippen molar-refractivity contribution < 1.29 is 14.6 Å². The van der Waals surface area contributed by atoms with E-state index >= 15 is 0 Å². The average molecular weight is 626 g/mol. The zero-order chi connectivity index (χ0) is 21.6. The van der Waals surface area contributed by atoms with Gasteiger partial charge in [0, 0.05) is 0 Å². The molecule has 0 bridgehead atoms. The Morgan fingerprint density at radius 1 is 1.03 bits per heavy atom. The Bertz CT molecular complexity index is 978. The second-order valence-corrected chi connectivity index (χ2v) is 8.71. The molecule has 0 spiro atoms. The van der Waals surface area contributed by atoms with Gasteiger partial charge in [-0.2, -0.15) is 5.10 Å². The zero-order valence-corrected chi connectivity index (χ0v) is 20.5. The number of hydrogen-bond acceptors (Lipinski definition) is 4. The highest BCUT2D eigenvalue weighted by molar-refractivity contribution is 14.1. The van der Waals surface area contributed by atoms with E-state index in [1.165, 1.54) is 0 Å². The number of ether oxygens (including phenoxy) is 1. The molecule has 0 aliphatic heterocycles. The lowest BCUT2D eigenvalue weighted by atomic mass is 9.85. The van der Waals surface area contributed by atoms with Crippen molar-refractivity contribution in [2.75, 3.05) is 6.61 Å². The molecule has 0 aliphatic rings. The van der Waals surface area contributed by atoms with Gasteiger partial charge in [-0.15, -0.1) is 0 Å². The number of aliphatic hydroxyl groups is 1. The third-order valence-electron chi connectivity index (χ3n) is 4.40. The highest BCUT2D eigenvalue weighted by Crippen LogP contribution is 2.30. The molecule has 0 atom stereocenters. The number of hydrogen-bond donors (Lipinski definition) is 2. The molecular weight excluding hydrogens is 606 g/mol. The number of benzene rings is 3. The smallest absolute Gasteiger partial charge is 0.281 e. The maximum atomic E-state index is 13.0. The van der Waals surface area contributed by atoms with Crippen LogP contribution in [0.25, 0.3) is 0 Å². The molecule has 5 nitrogen and oxygen atoms in total. The summed E-state index contributed by atoms with van der Waals surface area (Å²) >= 11 is 4.42. The van der Waals surface area contributed by atoms with Crippen LogP contribution in [0.15, 0.2) is 77.9 Å². The molecule has 2 N–H and O–H groups in total. The van der Waals surface area contributed by atoms with Crippen molar-refractivity contribution >= 4 is 57.3 Å². The van der Waals surface area contributed by atoms with Gasteiger partial charge in [-0.3, -0.25) is 4.79 Å². The van der Waals surface area contributed by atoms with E-state index in [2.05, 4.69) is 55.7 Å². The van der Waals surface area contributed by atoms with Crippen LogP contribution >= 0.6 is 45.2 Å². The van der Waals surface area contributed by atoms with Gasteiger partial charge in [0.15, 0.2) is 5.60 Å². The van der Waals surface area contributed by atoms with Crippen LogP contribution in [0, 0.1) is 7.14 Å². The molecule has 0 fully saturated rings. The van der Waals surface area contributed by atoms with Crippen LogP contribution < -0.4 is 10.2 Å². The number of hydrazone groups is 1. The molecule has 7 heteroatoms. The van der Waals surface area contributed by atoms with E-state index in [1.807, 2.05) is 31.2 Å². The Hall–Kier alpha value is -1.98. The lowest BCUT2D eigenvalue weighted by molar-refractivity contribution is -0.136. The summed E-state index contributed by atoms with van der Waals surface area (Å²) in [5.74, 6) is 0.203. The fraction of sp³-hybridized carbons (Fsp3) is 0.130. The Morgan fingerprint density at radius 2 is 1.53 bits per heavy atom. The SMILES string of the molecule is CCOc1c(I)cc(/C=N/NC(=O)C(O)(c2ccccc2)c2ccccc2)cc1I. The Kier molecular flexibility index (Phi) is 7.84. The molecule has 0 heterocycles. The number of halogens is 2. The largest absolute Gasteiger partial charge is 0.492 e. The fourth-order valence-corrected chi connectivity index (χ4v) is 5.10. The van der Waals surface area contributed by atoms with Crippen molar-refractivity contribution in [3.63, 3.8) is 0 Å². The molecule has 0 unspecified atom stereocenters. The topological polar surface area (TPSA) is 70.9 Å². The van der Waals surface area contributed by atoms with Crippen molar-refractivity contribution in [3.8, 4) is 5.75 Å². The van der Waals surface area contributed by atoms with Crippen LogP contribution in [0.3, 0.4) is 0 Å². The monoisotopic (exact) mass is 626 g/mol. The van der Waals surface area contributed by atoms with Crippen molar-refractivity contribution in [3.05, 3.63) is 96.6 Å². The molecule has 1 amide bonds. The highest BCUT2D eigenvalue weighted by Gasteiger charge is 2.39. The van der Waals surface area contributed by atoms with Gasteiger partial charge < -0.3 is 9.84 Å². The molecule has 3 rings (SSSR count). The van der Waals surface area contributed by atoms with E-state index in [4.69, 9.17) is 4.74 Å². The molecule has 0 radical (unpaired) electrons. The predicted molar refractivity (Wildman–Crippen MR) is 135 cm³/mol. The average Bonchev–Trinajstić information content (AvgIpc) is 2.77. The first-order chi connectivity index (χ1) is 14.5. The van der Waals surface area contributed by atoms with E-state index < -0.39 is 11.5 Å². The second-order valence-electron chi connectivity index (χ2n) is 6.39. The Balaban J connectivity index is 1.86. The van der Waals surface area contributed by atoms with Gasteiger partial charge in [-0.25, -0.2) is 5.43 Å². The van der Waals surface area contributed by atoms with Gasteiger partial charge in [0.25, 0.3) is 5.91 Å². The highest BCUT2D eigenvalue weighted by atomic mass is 127. The first-order valence-corrected chi connectivity index (χ1v) is 11.4. The number of nitrogens with one attached hydrogen (secondary N) is 1. The summed E-state index contributed by atoms with van der Waals surface area (Å²) in [4.78, 5) is 13.0. The van der Waals surface area contributed by atoms with Crippen molar-refractivity contribution in [2.24, 2.45) is 5.10 Å². The number of carbonyl (C=O) groups is 1. The summed E-state index contributed by atoms with van der Waals surface area (Å²) in [5.41, 5.74) is 2.38. The van der Waals surface area contributed by atoms with Crippen molar-refractivity contribution in [2.45, 2.75) is 12.5 Å². The predicted octanol–water partition coefficient (Wildman–Crippen LogP) is 4.68. The molecule has 0 saturated carbocycles. The summed E-state index contributed by atoms with van der Waals surface area (Å²) in [7, 11) is 0. The Labute approximate surface area is 202 Å². The first kappa shape index (κ1) is 22.7. The maximum absolute atomic E-state index is 13.0. The first-order valence-electron chi connectivity index (χ1n) is 9.25. The number of nitrogens with zero attached hydrogens (tertiary/aromatic N) is 1. The molecule has 3 aromatic carbocycles. The lowest BCUT2D eigenvalue weighted by Gasteiger charge is -2.27. The molecule has 3 aromatic rings. The fourth-order valence-electron chi connectivity index (χ4n) is 2.97. The maximum Gasteiger partial charge on any atom is 0.281 e. The van der Waals surface area contributed by atoms with Gasteiger partial charge in [-0.1, -0.05) is 60.7 Å². The third-order valence-corrected chi connectivity index (χ3v) is 6.00. The quantitative estimate of drug-likeness (QED) is 0.228. The minimum absolute atomic E-state index is 0.467. The minimum Gasteiger partial charge on any atom is -0.492 e. The standard InChI is InChI=1S/C23H20I2N2O3/c1-2-30-21-19(24)13-16(14-20(21)25)15-26-27-22(28)23(29,17-9-5-3-6-10-17)18-11-7-4-8-12-18/h3-15,29H,2H2,1H3,(H,27,28)/b26-15+.